The molecule has 11 nitrogen and oxygen atoms in total. The van der Waals surface area contributed by atoms with Gasteiger partial charge >= 0.3 is 5.97 Å². The van der Waals surface area contributed by atoms with E-state index in [1.165, 1.54) is 0 Å². The molecule has 0 amide bonds. The van der Waals surface area contributed by atoms with Crippen LogP contribution in [-0.2, 0) is 21.4 Å². The first-order chi connectivity index (χ1) is 21.5. The number of benzene rings is 1. The molecule has 0 spiro atoms. The van der Waals surface area contributed by atoms with E-state index in [0.717, 1.165) is 69.1 Å². The molecule has 0 radical (unpaired) electrons. The van der Waals surface area contributed by atoms with Gasteiger partial charge in [-0.05, 0) is 86.8 Å². The summed E-state index contributed by atoms with van der Waals surface area (Å²) in [5.41, 5.74) is 2.46. The molecular formula is C31H38Cl2N6O5S. The van der Waals surface area contributed by atoms with Gasteiger partial charge in [0.15, 0.2) is 0 Å². The number of hydrogen-bond donors (Lipinski definition) is 2. The number of piperazine rings is 1. The van der Waals surface area contributed by atoms with E-state index in [1.807, 2.05) is 36.4 Å². The lowest BCUT2D eigenvalue weighted by Crippen LogP contribution is -2.47. The number of rotatable bonds is 12. The summed E-state index contributed by atoms with van der Waals surface area (Å²) in [5.74, 6) is 1.27. The Balaban J connectivity index is 1.25. The molecule has 45 heavy (non-hydrogen) atoms. The Hall–Kier alpha value is -3.00. The third kappa shape index (κ3) is 10.2. The van der Waals surface area contributed by atoms with Crippen molar-refractivity contribution in [1.82, 2.24) is 19.8 Å². The van der Waals surface area contributed by atoms with E-state index in [9.17, 15) is 13.2 Å². The molecule has 0 saturated carbocycles. The number of halogens is 2. The van der Waals surface area contributed by atoms with Gasteiger partial charge in [0.05, 0.1) is 17.6 Å². The fraction of sp³-hybridized carbons (Fsp3) is 0.452. The number of hydrogen-bond acceptors (Lipinski definition) is 9. The summed E-state index contributed by atoms with van der Waals surface area (Å²) in [6.45, 7) is 6.21. The summed E-state index contributed by atoms with van der Waals surface area (Å²) in [7, 11) is -3.43. The maximum Gasteiger partial charge on any atom is 0.303 e. The van der Waals surface area contributed by atoms with Crippen LogP contribution in [-0.4, -0.2) is 90.8 Å². The van der Waals surface area contributed by atoms with Crippen molar-refractivity contribution in [1.29, 1.82) is 0 Å². The van der Waals surface area contributed by atoms with Gasteiger partial charge in [-0.15, -0.1) is 0 Å². The molecule has 2 aliphatic rings. The van der Waals surface area contributed by atoms with Gasteiger partial charge in [0.25, 0.3) is 0 Å². The zero-order valence-electron chi connectivity index (χ0n) is 24.9. The van der Waals surface area contributed by atoms with Crippen molar-refractivity contribution in [3.8, 4) is 22.9 Å². The van der Waals surface area contributed by atoms with E-state index in [2.05, 4.69) is 19.7 Å². The van der Waals surface area contributed by atoms with Crippen molar-refractivity contribution < 1.29 is 23.1 Å². The maximum atomic E-state index is 11.2. The van der Waals surface area contributed by atoms with Crippen molar-refractivity contribution in [2.45, 2.75) is 32.2 Å². The number of pyridine rings is 2. The van der Waals surface area contributed by atoms with Crippen LogP contribution in [0.25, 0.3) is 11.3 Å². The Kier molecular flexibility index (Phi) is 11.2. The molecule has 3 N–H and O–H groups in total. The van der Waals surface area contributed by atoms with Crippen molar-refractivity contribution >= 4 is 45.0 Å². The average molecular weight is 678 g/mol. The first-order valence-electron chi connectivity index (χ1n) is 15.0. The van der Waals surface area contributed by atoms with E-state index in [1.54, 1.807) is 12.3 Å². The van der Waals surface area contributed by atoms with E-state index in [0.29, 0.717) is 46.9 Å². The quantitative estimate of drug-likeness (QED) is 0.276. The Morgan fingerprint density at radius 2 is 1.69 bits per heavy atom. The largest absolute Gasteiger partial charge is 0.481 e. The van der Waals surface area contributed by atoms with Gasteiger partial charge in [-0.2, -0.15) is 0 Å². The number of likely N-dealkylation sites (tertiary alicyclic amines) is 1. The van der Waals surface area contributed by atoms with Crippen LogP contribution in [0.4, 0.5) is 5.82 Å². The van der Waals surface area contributed by atoms with Crippen LogP contribution in [0.1, 0.15) is 31.2 Å². The highest BCUT2D eigenvalue weighted by Crippen LogP contribution is 2.31. The Morgan fingerprint density at radius 1 is 0.978 bits per heavy atom. The molecule has 1 aromatic carbocycles. The fourth-order valence-electron chi connectivity index (χ4n) is 5.84. The topological polar surface area (TPSA) is 142 Å². The zero-order chi connectivity index (χ0) is 32.0. The Morgan fingerprint density at radius 3 is 2.31 bits per heavy atom. The molecule has 0 bridgehead atoms. The number of carbonyl (C=O) groups is 1. The van der Waals surface area contributed by atoms with Gasteiger partial charge in [0, 0.05) is 60.8 Å². The molecule has 2 aromatic heterocycles. The Bertz CT molecular complexity index is 1560. The van der Waals surface area contributed by atoms with Gasteiger partial charge in [0.1, 0.15) is 11.6 Å². The highest BCUT2D eigenvalue weighted by atomic mass is 35.5. The number of aromatic nitrogens is 2. The molecule has 2 saturated heterocycles. The molecular weight excluding hydrogens is 639 g/mol. The van der Waals surface area contributed by atoms with Gasteiger partial charge in [-0.25, -0.2) is 23.5 Å². The number of aliphatic carboxylic acids is 1. The molecule has 2 fully saturated rings. The molecule has 3 aromatic rings. The number of sulfonamides is 1. The zero-order valence-corrected chi connectivity index (χ0v) is 27.3. The van der Waals surface area contributed by atoms with E-state index in [-0.39, 0.29) is 18.1 Å². The summed E-state index contributed by atoms with van der Waals surface area (Å²) < 4.78 is 28.6. The predicted molar refractivity (Wildman–Crippen MR) is 176 cm³/mol. The molecule has 4 heterocycles. The van der Waals surface area contributed by atoms with E-state index < -0.39 is 16.0 Å². The normalized spacial score (nSPS) is 17.0. The lowest BCUT2D eigenvalue weighted by Gasteiger charge is -2.35. The third-order valence-electron chi connectivity index (χ3n) is 8.14. The summed E-state index contributed by atoms with van der Waals surface area (Å²) in [6, 6.07) is 13.0. The second-order valence-corrected chi connectivity index (χ2v) is 14.3. The number of anilines is 1. The van der Waals surface area contributed by atoms with Gasteiger partial charge in [-0.1, -0.05) is 23.2 Å². The van der Waals surface area contributed by atoms with E-state index >= 15 is 0 Å². The monoisotopic (exact) mass is 676 g/mol. The van der Waals surface area contributed by atoms with Crippen molar-refractivity contribution in [3.05, 3.63) is 64.3 Å². The molecule has 0 atom stereocenters. The second-order valence-electron chi connectivity index (χ2n) is 11.7. The first-order valence-corrected chi connectivity index (χ1v) is 17.5. The highest BCUT2D eigenvalue weighted by molar-refractivity contribution is 7.89. The minimum atomic E-state index is -3.43. The molecule has 14 heteroatoms. The molecule has 5 rings (SSSR count). The minimum absolute atomic E-state index is 0.00436. The predicted octanol–water partition coefficient (Wildman–Crippen LogP) is 4.73. The average Bonchev–Trinajstić information content (AvgIpc) is 2.97. The van der Waals surface area contributed by atoms with Crippen LogP contribution < -0.4 is 14.8 Å². The minimum Gasteiger partial charge on any atom is -0.481 e. The van der Waals surface area contributed by atoms with E-state index in [4.69, 9.17) is 43.2 Å². The van der Waals surface area contributed by atoms with Crippen LogP contribution in [0.3, 0.4) is 0 Å². The smallest absolute Gasteiger partial charge is 0.303 e. The van der Waals surface area contributed by atoms with Crippen molar-refractivity contribution in [2.24, 2.45) is 11.1 Å². The summed E-state index contributed by atoms with van der Waals surface area (Å²) in [6.07, 6.45) is 4.13. The molecule has 0 unspecified atom stereocenters. The van der Waals surface area contributed by atoms with Gasteiger partial charge < -0.3 is 14.7 Å². The van der Waals surface area contributed by atoms with Crippen molar-refractivity contribution in [2.75, 3.05) is 56.5 Å². The molecule has 0 aliphatic carbocycles. The van der Waals surface area contributed by atoms with Crippen LogP contribution in [0.5, 0.6) is 11.6 Å². The lowest BCUT2D eigenvalue weighted by atomic mass is 9.93. The number of carboxylic acids is 1. The van der Waals surface area contributed by atoms with Gasteiger partial charge in [-0.3, -0.25) is 14.6 Å². The van der Waals surface area contributed by atoms with Crippen LogP contribution >= 0.6 is 23.2 Å². The van der Waals surface area contributed by atoms with Crippen molar-refractivity contribution in [3.63, 3.8) is 0 Å². The van der Waals surface area contributed by atoms with Crippen LogP contribution in [0.15, 0.2) is 48.7 Å². The molecule has 2 aliphatic heterocycles. The first kappa shape index (κ1) is 33.4. The van der Waals surface area contributed by atoms with Crippen LogP contribution in [0, 0.1) is 5.92 Å². The fourth-order valence-corrected chi connectivity index (χ4v) is 6.89. The number of nitrogens with two attached hydrogens (primary N) is 1. The van der Waals surface area contributed by atoms with Crippen LogP contribution in [0.2, 0.25) is 10.0 Å². The summed E-state index contributed by atoms with van der Waals surface area (Å²) >= 11 is 12.6. The highest BCUT2D eigenvalue weighted by Gasteiger charge is 2.22. The maximum absolute atomic E-state index is 11.2. The Labute approximate surface area is 274 Å². The second kappa shape index (κ2) is 15.1. The number of primary sulfonamides is 1. The standard InChI is InChI=1S/C31H38Cl2N6O5S/c32-25-17-24(18-26(33)19-25)28-14-23(21-38-7-4-22(5-8-38)16-31(40)41)15-30(36-28)44-27-2-3-29(35-20-27)39-11-9-37(10-12-39)6-1-13-45(34,42)43/h2-3,14-15,17-20,22H,1,4-13,16,21H2,(H,40,41)(H2,34,42,43). The SMILES string of the molecule is NS(=O)(=O)CCCN1CCN(c2ccc(Oc3cc(CN4CCC(CC(=O)O)CC4)cc(-c4cc(Cl)cc(Cl)c4)n3)cn2)CC1. The number of ether oxygens (including phenoxy) is 1. The number of piperidine rings is 1. The van der Waals surface area contributed by atoms with Gasteiger partial charge in [0.2, 0.25) is 15.9 Å². The third-order valence-corrected chi connectivity index (χ3v) is 9.43. The lowest BCUT2D eigenvalue weighted by molar-refractivity contribution is -0.138. The number of carboxylic acid groups (broad SMARTS) is 1. The molecule has 242 valence electrons. The number of nitrogens with zero attached hydrogens (tertiary/aromatic N) is 5. The summed E-state index contributed by atoms with van der Waals surface area (Å²) in [4.78, 5) is 27.3. The summed E-state index contributed by atoms with van der Waals surface area (Å²) in [5, 5.41) is 15.3.